The Bertz CT molecular complexity index is 1020. The Labute approximate surface area is 136 Å². The lowest BCUT2D eigenvalue weighted by molar-refractivity contribution is 0.640. The van der Waals surface area contributed by atoms with Gasteiger partial charge in [-0.2, -0.15) is 13.8 Å². The van der Waals surface area contributed by atoms with E-state index in [-0.39, 0.29) is 5.56 Å². The van der Waals surface area contributed by atoms with Crippen molar-refractivity contribution in [3.63, 3.8) is 0 Å². The van der Waals surface area contributed by atoms with Gasteiger partial charge in [-0.25, -0.2) is 4.68 Å². The maximum Gasteiger partial charge on any atom is 0.267 e. The molecule has 6 heteroatoms. The summed E-state index contributed by atoms with van der Waals surface area (Å²) in [7, 11) is 0. The Morgan fingerprint density at radius 3 is 2.57 bits per heavy atom. The largest absolute Gasteiger partial charge is 0.268 e. The van der Waals surface area contributed by atoms with Crippen LogP contribution in [-0.2, 0) is 6.54 Å². The normalized spacial score (nSPS) is 11.0. The van der Waals surface area contributed by atoms with Gasteiger partial charge in [-0.05, 0) is 23.3 Å². The summed E-state index contributed by atoms with van der Waals surface area (Å²) in [6.07, 6.45) is 1.72. The summed E-state index contributed by atoms with van der Waals surface area (Å²) in [6.45, 7) is 0.418. The third-order valence-corrected chi connectivity index (χ3v) is 4.18. The smallest absolute Gasteiger partial charge is 0.267 e. The van der Waals surface area contributed by atoms with Gasteiger partial charge in [0.05, 0.1) is 24.5 Å². The first-order valence-electron chi connectivity index (χ1n) is 7.13. The average molecular weight is 320 g/mol. The van der Waals surface area contributed by atoms with Gasteiger partial charge in [0.2, 0.25) is 0 Å². The predicted octanol–water partition coefficient (Wildman–Crippen LogP) is 2.96. The zero-order valence-electron chi connectivity index (χ0n) is 12.1. The highest BCUT2D eigenvalue weighted by Crippen LogP contribution is 2.16. The van der Waals surface area contributed by atoms with Crippen LogP contribution in [0, 0.1) is 0 Å². The van der Waals surface area contributed by atoms with Crippen molar-refractivity contribution in [3.8, 4) is 11.1 Å². The highest BCUT2D eigenvalue weighted by atomic mass is 32.1. The summed E-state index contributed by atoms with van der Waals surface area (Å²) in [5.74, 6) is 0. The van der Waals surface area contributed by atoms with Crippen molar-refractivity contribution in [1.82, 2.24) is 18.5 Å². The van der Waals surface area contributed by atoms with Crippen LogP contribution in [0.5, 0.6) is 0 Å². The SMILES string of the molecule is O=c1cc(-c2ccccc2)cnn1Cc1ccc2nsnc2c1. The first-order valence-corrected chi connectivity index (χ1v) is 7.86. The molecule has 2 aromatic heterocycles. The van der Waals surface area contributed by atoms with Crippen molar-refractivity contribution in [2.45, 2.75) is 6.54 Å². The molecule has 0 spiro atoms. The van der Waals surface area contributed by atoms with E-state index in [9.17, 15) is 4.79 Å². The number of aromatic nitrogens is 4. The molecule has 0 N–H and O–H groups in total. The summed E-state index contributed by atoms with van der Waals surface area (Å²) >= 11 is 1.19. The topological polar surface area (TPSA) is 60.7 Å². The van der Waals surface area contributed by atoms with Crippen molar-refractivity contribution in [2.75, 3.05) is 0 Å². The molecule has 0 radical (unpaired) electrons. The minimum atomic E-state index is -0.122. The molecule has 0 aliphatic heterocycles. The molecule has 112 valence electrons. The van der Waals surface area contributed by atoms with Gasteiger partial charge in [0, 0.05) is 11.6 Å². The van der Waals surface area contributed by atoms with Gasteiger partial charge < -0.3 is 0 Å². The Hall–Kier alpha value is -2.86. The highest BCUT2D eigenvalue weighted by molar-refractivity contribution is 7.00. The van der Waals surface area contributed by atoms with Crippen molar-refractivity contribution < 1.29 is 0 Å². The zero-order chi connectivity index (χ0) is 15.6. The fourth-order valence-corrected chi connectivity index (χ4v) is 2.96. The average Bonchev–Trinajstić information content (AvgIpc) is 3.05. The summed E-state index contributed by atoms with van der Waals surface area (Å²) in [4.78, 5) is 12.3. The van der Waals surface area contributed by atoms with Gasteiger partial charge in [0.15, 0.2) is 0 Å². The van der Waals surface area contributed by atoms with Crippen molar-refractivity contribution >= 4 is 22.8 Å². The van der Waals surface area contributed by atoms with Crippen LogP contribution in [0.4, 0.5) is 0 Å². The molecule has 0 saturated heterocycles. The Kier molecular flexibility index (Phi) is 3.44. The number of rotatable bonds is 3. The first kappa shape index (κ1) is 13.8. The minimum Gasteiger partial charge on any atom is -0.268 e. The van der Waals surface area contributed by atoms with Crippen LogP contribution < -0.4 is 5.56 Å². The van der Waals surface area contributed by atoms with Crippen LogP contribution >= 0.6 is 11.7 Å². The van der Waals surface area contributed by atoms with E-state index in [1.807, 2.05) is 48.5 Å². The number of fused-ring (bicyclic) bond motifs is 1. The lowest BCUT2D eigenvalue weighted by atomic mass is 10.1. The lowest BCUT2D eigenvalue weighted by Crippen LogP contribution is -2.22. The summed E-state index contributed by atoms with van der Waals surface area (Å²) < 4.78 is 9.85. The second kappa shape index (κ2) is 5.73. The molecule has 0 amide bonds. The Balaban J connectivity index is 1.65. The molecule has 5 nitrogen and oxygen atoms in total. The van der Waals surface area contributed by atoms with E-state index in [1.54, 1.807) is 12.3 Å². The van der Waals surface area contributed by atoms with Crippen LogP contribution in [0.15, 0.2) is 65.6 Å². The zero-order valence-corrected chi connectivity index (χ0v) is 12.9. The number of hydrogen-bond donors (Lipinski definition) is 0. The molecule has 0 unspecified atom stereocenters. The summed E-state index contributed by atoms with van der Waals surface area (Å²) in [5, 5.41) is 4.29. The fraction of sp³-hybridized carbons (Fsp3) is 0.0588. The predicted molar refractivity (Wildman–Crippen MR) is 90.5 cm³/mol. The van der Waals surface area contributed by atoms with Crippen molar-refractivity contribution in [3.05, 3.63) is 76.7 Å². The fourth-order valence-electron chi connectivity index (χ4n) is 2.44. The van der Waals surface area contributed by atoms with Gasteiger partial charge in [-0.3, -0.25) is 4.79 Å². The van der Waals surface area contributed by atoms with Crippen LogP contribution in [0.2, 0.25) is 0 Å². The Morgan fingerprint density at radius 1 is 0.913 bits per heavy atom. The molecule has 0 saturated carbocycles. The standard InChI is InChI=1S/C17H12N4OS/c22-17-9-14(13-4-2-1-3-5-13)10-18-21(17)11-12-6-7-15-16(8-12)20-23-19-15/h1-10H,11H2. The summed E-state index contributed by atoms with van der Waals surface area (Å²) in [5.41, 5.74) is 4.39. The molecule has 4 rings (SSSR count). The number of benzene rings is 2. The monoisotopic (exact) mass is 320 g/mol. The van der Waals surface area contributed by atoms with Crippen LogP contribution in [0.3, 0.4) is 0 Å². The van der Waals surface area contributed by atoms with E-state index < -0.39 is 0 Å². The van der Waals surface area contributed by atoms with Crippen LogP contribution in [0.1, 0.15) is 5.56 Å². The Morgan fingerprint density at radius 2 is 1.74 bits per heavy atom. The van der Waals surface area contributed by atoms with E-state index in [1.165, 1.54) is 16.4 Å². The van der Waals surface area contributed by atoms with Crippen molar-refractivity contribution in [2.24, 2.45) is 0 Å². The van der Waals surface area contributed by atoms with Crippen LogP contribution in [0.25, 0.3) is 22.2 Å². The minimum absolute atomic E-state index is 0.122. The molecule has 0 bridgehead atoms. The maximum absolute atomic E-state index is 12.3. The molecule has 4 aromatic rings. The molecule has 2 aromatic carbocycles. The van der Waals surface area contributed by atoms with Gasteiger partial charge in [0.25, 0.3) is 5.56 Å². The number of hydrogen-bond acceptors (Lipinski definition) is 5. The first-order chi connectivity index (χ1) is 11.3. The molecule has 23 heavy (non-hydrogen) atoms. The second-order valence-electron chi connectivity index (χ2n) is 5.19. The molecular weight excluding hydrogens is 308 g/mol. The summed E-state index contributed by atoms with van der Waals surface area (Å²) in [6, 6.07) is 17.2. The molecule has 0 atom stereocenters. The van der Waals surface area contributed by atoms with Gasteiger partial charge in [0.1, 0.15) is 11.0 Å². The van der Waals surface area contributed by atoms with E-state index in [0.29, 0.717) is 6.54 Å². The maximum atomic E-state index is 12.3. The van der Waals surface area contributed by atoms with E-state index in [2.05, 4.69) is 13.8 Å². The van der Waals surface area contributed by atoms with Gasteiger partial charge in [-0.15, -0.1) is 0 Å². The van der Waals surface area contributed by atoms with Gasteiger partial charge >= 0.3 is 0 Å². The quantitative estimate of drug-likeness (QED) is 0.582. The third kappa shape index (κ3) is 2.76. The van der Waals surface area contributed by atoms with E-state index in [0.717, 1.165) is 27.7 Å². The number of nitrogens with zero attached hydrogens (tertiary/aromatic N) is 4. The third-order valence-electron chi connectivity index (χ3n) is 3.63. The molecular formula is C17H12N4OS. The van der Waals surface area contributed by atoms with Gasteiger partial charge in [-0.1, -0.05) is 36.4 Å². The van der Waals surface area contributed by atoms with Crippen LogP contribution in [-0.4, -0.2) is 18.5 Å². The highest BCUT2D eigenvalue weighted by Gasteiger charge is 2.05. The molecule has 0 aliphatic carbocycles. The second-order valence-corrected chi connectivity index (χ2v) is 5.72. The van der Waals surface area contributed by atoms with E-state index >= 15 is 0 Å². The van der Waals surface area contributed by atoms with E-state index in [4.69, 9.17) is 0 Å². The molecule has 0 fully saturated rings. The lowest BCUT2D eigenvalue weighted by Gasteiger charge is -2.06. The van der Waals surface area contributed by atoms with Crippen molar-refractivity contribution in [1.29, 1.82) is 0 Å². The molecule has 2 heterocycles. The molecule has 0 aliphatic rings.